The number of ether oxygens (including phenoxy) is 4. The van der Waals surface area contributed by atoms with Crippen molar-refractivity contribution < 1.29 is 34.3 Å². The summed E-state index contributed by atoms with van der Waals surface area (Å²) in [7, 11) is 0. The summed E-state index contributed by atoms with van der Waals surface area (Å²) in [5, 5.41) is 33.5. The first-order valence-corrected chi connectivity index (χ1v) is 18.9. The maximum Gasteiger partial charge on any atom is 0.126 e. The van der Waals surface area contributed by atoms with Crippen LogP contribution >= 0.6 is 0 Å². The molecule has 0 aromatic heterocycles. The van der Waals surface area contributed by atoms with Crippen LogP contribution in [0, 0.1) is 0 Å². The second-order valence-corrected chi connectivity index (χ2v) is 14.0. The highest BCUT2D eigenvalue weighted by Crippen LogP contribution is 2.45. The van der Waals surface area contributed by atoms with Gasteiger partial charge in [-0.25, -0.2) is 0 Å². The number of benzene rings is 4. The topological polar surface area (TPSA) is 97.6 Å². The monoisotopic (exact) mass is 712 g/mol. The number of aryl methyl sites for hydroxylation is 2. The zero-order valence-corrected chi connectivity index (χ0v) is 32.8. The van der Waals surface area contributed by atoms with Crippen molar-refractivity contribution in [3.8, 4) is 17.2 Å². The number of hydrogen-bond acceptors (Lipinski definition) is 7. The minimum absolute atomic E-state index is 0.195. The van der Waals surface area contributed by atoms with Crippen LogP contribution in [0.25, 0.3) is 0 Å². The van der Waals surface area contributed by atoms with Gasteiger partial charge in [0.25, 0.3) is 0 Å². The highest BCUT2D eigenvalue weighted by atomic mass is 16.5. The molecule has 0 spiro atoms. The average molecular weight is 713 g/mol. The lowest BCUT2D eigenvalue weighted by Crippen LogP contribution is -2.27. The fourth-order valence-corrected chi connectivity index (χ4v) is 6.93. The van der Waals surface area contributed by atoms with Crippen LogP contribution in [0.5, 0.6) is 17.2 Å². The Morgan fingerprint density at radius 1 is 0.404 bits per heavy atom. The van der Waals surface area contributed by atoms with Crippen LogP contribution in [0.3, 0.4) is 0 Å². The van der Waals surface area contributed by atoms with Gasteiger partial charge in [0.05, 0.1) is 26.4 Å². The van der Waals surface area contributed by atoms with E-state index in [0.29, 0.717) is 69.4 Å². The van der Waals surface area contributed by atoms with E-state index in [1.54, 1.807) is 0 Å². The largest absolute Gasteiger partial charge is 0.507 e. The van der Waals surface area contributed by atoms with Crippen LogP contribution in [0.1, 0.15) is 124 Å². The molecular weight excluding hydrogens is 652 g/mol. The molecular formula is C45H60O7. The van der Waals surface area contributed by atoms with Crippen molar-refractivity contribution in [1.82, 2.24) is 0 Å². The van der Waals surface area contributed by atoms with Gasteiger partial charge in [-0.2, -0.15) is 0 Å². The molecule has 0 radical (unpaired) electrons. The Balaban J connectivity index is 1.94. The van der Waals surface area contributed by atoms with Gasteiger partial charge in [-0.1, -0.05) is 64.1 Å². The van der Waals surface area contributed by atoms with Gasteiger partial charge in [0.2, 0.25) is 0 Å². The Hall–Kier alpha value is -3.88. The number of aromatic hydroxyl groups is 3. The summed E-state index contributed by atoms with van der Waals surface area (Å²) in [6.45, 7) is 21.9. The quantitative estimate of drug-likeness (QED) is 0.0833. The molecule has 0 amide bonds. The smallest absolute Gasteiger partial charge is 0.126 e. The zero-order valence-electron chi connectivity index (χ0n) is 32.8. The molecule has 0 aliphatic carbocycles. The van der Waals surface area contributed by atoms with Crippen molar-refractivity contribution >= 4 is 0 Å². The normalized spacial score (nSPS) is 13.0. The predicted octanol–water partition coefficient (Wildman–Crippen LogP) is 9.75. The zero-order chi connectivity index (χ0) is 38.1. The van der Waals surface area contributed by atoms with Gasteiger partial charge < -0.3 is 34.3 Å². The van der Waals surface area contributed by atoms with Crippen LogP contribution in [0.15, 0.2) is 60.7 Å². The maximum absolute atomic E-state index is 11.3. The van der Waals surface area contributed by atoms with E-state index >= 15 is 0 Å². The summed E-state index contributed by atoms with van der Waals surface area (Å²) in [4.78, 5) is 0. The number of hydrogen-bond donors (Lipinski definition) is 3. The number of phenols is 3. The van der Waals surface area contributed by atoms with E-state index in [9.17, 15) is 15.3 Å². The highest BCUT2D eigenvalue weighted by molar-refractivity contribution is 5.58. The molecule has 282 valence electrons. The van der Waals surface area contributed by atoms with Gasteiger partial charge in [-0.15, -0.1) is 0 Å². The lowest BCUT2D eigenvalue weighted by molar-refractivity contribution is 0.125. The standard InChI is InChI=1S/C45H60O7/c1-10-30-20-39(21-31(11-2)41(30)46)45(9,40-24-34(28-51-14-5)43(48)35(25-40)29-52-15-6)37-18-16-36(17-19-37)44(7,8)38-22-32(26-49-12-3)42(47)33(23-38)27-50-13-4/h16-25,46-48H,10-15,26-29H2,1-9H3. The molecule has 4 rings (SSSR count). The lowest BCUT2D eigenvalue weighted by atomic mass is 9.68. The molecule has 4 aromatic rings. The first-order valence-electron chi connectivity index (χ1n) is 18.9. The van der Waals surface area contributed by atoms with Crippen LogP contribution in [-0.4, -0.2) is 41.7 Å². The third-order valence-electron chi connectivity index (χ3n) is 10.5. The Morgan fingerprint density at radius 3 is 1.02 bits per heavy atom. The van der Waals surface area contributed by atoms with E-state index in [-0.39, 0.29) is 24.7 Å². The van der Waals surface area contributed by atoms with Crippen LogP contribution in [0.2, 0.25) is 0 Å². The third-order valence-corrected chi connectivity index (χ3v) is 10.5. The molecule has 0 bridgehead atoms. The molecule has 52 heavy (non-hydrogen) atoms. The summed E-state index contributed by atoms with van der Waals surface area (Å²) in [5.74, 6) is 0.774. The molecule has 7 heteroatoms. The molecule has 0 saturated heterocycles. The molecule has 0 fully saturated rings. The second kappa shape index (κ2) is 18.2. The van der Waals surface area contributed by atoms with Crippen LogP contribution < -0.4 is 0 Å². The van der Waals surface area contributed by atoms with Crippen molar-refractivity contribution in [3.05, 3.63) is 122 Å². The van der Waals surface area contributed by atoms with Gasteiger partial charge in [0, 0.05) is 59.5 Å². The number of rotatable bonds is 19. The number of phenolic OH excluding ortho intramolecular Hbond substituents is 3. The Morgan fingerprint density at radius 2 is 0.692 bits per heavy atom. The van der Waals surface area contributed by atoms with Crippen molar-refractivity contribution in [2.75, 3.05) is 26.4 Å². The molecule has 4 aromatic carbocycles. The SMILES string of the molecule is CCOCc1cc(C(C)(C)c2ccc(C(C)(c3cc(CC)c(O)c(CC)c3)c3cc(COCC)c(O)c(COCC)c3)cc2)cc(COCC)c1O. The second-order valence-electron chi connectivity index (χ2n) is 14.0. The fraction of sp³-hybridized carbons (Fsp3) is 0.467. The maximum atomic E-state index is 11.3. The van der Waals surface area contributed by atoms with Crippen LogP contribution in [0.4, 0.5) is 0 Å². The van der Waals surface area contributed by atoms with E-state index in [1.807, 2.05) is 39.8 Å². The van der Waals surface area contributed by atoms with Gasteiger partial charge >= 0.3 is 0 Å². The van der Waals surface area contributed by atoms with Crippen molar-refractivity contribution in [2.45, 2.75) is 112 Å². The molecule has 7 nitrogen and oxygen atoms in total. The Bertz CT molecular complexity index is 1690. The molecule has 0 saturated carbocycles. The molecule has 3 N–H and O–H groups in total. The Kier molecular flexibility index (Phi) is 14.3. The molecule has 1 atom stereocenters. The Labute approximate surface area is 311 Å². The molecule has 0 aliphatic rings. The van der Waals surface area contributed by atoms with E-state index in [1.165, 1.54) is 0 Å². The van der Waals surface area contributed by atoms with Crippen molar-refractivity contribution in [1.29, 1.82) is 0 Å². The minimum Gasteiger partial charge on any atom is -0.507 e. The van der Waals surface area contributed by atoms with E-state index < -0.39 is 10.8 Å². The van der Waals surface area contributed by atoms with E-state index in [2.05, 4.69) is 83.1 Å². The fourth-order valence-electron chi connectivity index (χ4n) is 6.93. The van der Waals surface area contributed by atoms with Crippen molar-refractivity contribution in [2.24, 2.45) is 0 Å². The average Bonchev–Trinajstić information content (AvgIpc) is 3.15. The lowest BCUT2D eigenvalue weighted by Gasteiger charge is -2.35. The van der Waals surface area contributed by atoms with E-state index in [4.69, 9.17) is 18.9 Å². The van der Waals surface area contributed by atoms with E-state index in [0.717, 1.165) is 50.1 Å². The minimum atomic E-state index is -0.673. The van der Waals surface area contributed by atoms with Crippen molar-refractivity contribution in [3.63, 3.8) is 0 Å². The predicted molar refractivity (Wildman–Crippen MR) is 209 cm³/mol. The summed E-state index contributed by atoms with van der Waals surface area (Å²) < 4.78 is 23.1. The van der Waals surface area contributed by atoms with Gasteiger partial charge in [0.1, 0.15) is 17.2 Å². The molecule has 0 heterocycles. The summed E-state index contributed by atoms with van der Waals surface area (Å²) in [5.41, 5.74) is 8.92. The molecule has 1 unspecified atom stereocenters. The summed E-state index contributed by atoms with van der Waals surface area (Å²) in [6.07, 6.45) is 1.39. The van der Waals surface area contributed by atoms with Gasteiger partial charge in [-0.3, -0.25) is 0 Å². The van der Waals surface area contributed by atoms with Gasteiger partial charge in [-0.05, 0) is 111 Å². The molecule has 0 aliphatic heterocycles. The summed E-state index contributed by atoms with van der Waals surface area (Å²) in [6, 6.07) is 21.2. The van der Waals surface area contributed by atoms with Gasteiger partial charge in [0.15, 0.2) is 0 Å². The summed E-state index contributed by atoms with van der Waals surface area (Å²) >= 11 is 0. The first kappa shape index (κ1) is 40.9. The highest BCUT2D eigenvalue weighted by Gasteiger charge is 2.35. The third kappa shape index (κ3) is 8.66. The first-order chi connectivity index (χ1) is 24.9. The van der Waals surface area contributed by atoms with Crippen LogP contribution in [-0.2, 0) is 69.0 Å².